The Kier molecular flexibility index (Phi) is 25.3. The maximum absolute atomic E-state index is 12.0. The first-order chi connectivity index (χ1) is 24.2. The molecule has 4 nitrogen and oxygen atoms in total. The van der Waals surface area contributed by atoms with Crippen LogP contribution in [0.4, 0.5) is 0 Å². The third-order valence-corrected chi connectivity index (χ3v) is 26.0. The Morgan fingerprint density at radius 2 is 0.471 bits per heavy atom. The van der Waals surface area contributed by atoms with Gasteiger partial charge in [-0.3, -0.25) is 0 Å². The second kappa shape index (κ2) is 26.8. The normalized spacial score (nSPS) is 25.4. The Morgan fingerprint density at radius 1 is 0.353 bits per heavy atom. The SMILES string of the molecule is CCC(C)O.CCC(C)O.O[Si](C1CCCCC1)(C1CCCCC1)C1CCCCC1.O[Si](C1CCCCC1)(C1CCCCC1)C1CCCCC1.[Ti]. The summed E-state index contributed by atoms with van der Waals surface area (Å²) in [5.74, 6) is 0. The zero-order chi connectivity index (χ0) is 36.2. The van der Waals surface area contributed by atoms with Crippen LogP contribution in [0.3, 0.4) is 0 Å². The van der Waals surface area contributed by atoms with E-state index in [4.69, 9.17) is 10.2 Å². The van der Waals surface area contributed by atoms with Crippen LogP contribution in [0.2, 0.25) is 33.2 Å². The molecule has 0 aromatic heterocycles. The first-order valence-corrected chi connectivity index (χ1v) is 27.3. The van der Waals surface area contributed by atoms with Gasteiger partial charge in [0.2, 0.25) is 0 Å². The van der Waals surface area contributed by atoms with E-state index in [0.717, 1.165) is 46.1 Å². The van der Waals surface area contributed by atoms with Crippen molar-refractivity contribution >= 4 is 16.6 Å². The van der Waals surface area contributed by atoms with Crippen molar-refractivity contribution in [1.82, 2.24) is 0 Å². The Morgan fingerprint density at radius 3 is 0.569 bits per heavy atom. The molecule has 2 atom stereocenters. The number of aliphatic hydroxyl groups excluding tert-OH is 2. The molecular weight excluding hydrogens is 697 g/mol. The third-order valence-electron chi connectivity index (χ3n) is 14.7. The van der Waals surface area contributed by atoms with E-state index < -0.39 is 16.6 Å². The second-order valence-electron chi connectivity index (χ2n) is 18.3. The third kappa shape index (κ3) is 15.5. The Balaban J connectivity index is 0.000000276. The van der Waals surface area contributed by atoms with Gasteiger partial charge >= 0.3 is 0 Å². The van der Waals surface area contributed by atoms with Crippen LogP contribution in [-0.2, 0) is 21.7 Å². The minimum Gasteiger partial charge on any atom is -0.431 e. The molecule has 0 aromatic rings. The molecule has 0 aromatic carbocycles. The average molecular weight is 785 g/mol. The maximum Gasteiger partial charge on any atom is 0.197 e. The molecule has 300 valence electrons. The molecule has 2 unspecified atom stereocenters. The van der Waals surface area contributed by atoms with E-state index in [0.29, 0.717) is 0 Å². The Hall–Kier alpha value is 0.988. The predicted octanol–water partition coefficient (Wildman–Crippen LogP) is 13.4. The summed E-state index contributed by atoms with van der Waals surface area (Å²) in [6.45, 7) is 7.45. The first-order valence-electron chi connectivity index (χ1n) is 23.0. The van der Waals surface area contributed by atoms with E-state index >= 15 is 0 Å². The van der Waals surface area contributed by atoms with E-state index in [2.05, 4.69) is 0 Å². The van der Waals surface area contributed by atoms with Crippen LogP contribution in [-0.4, -0.2) is 48.6 Å². The minimum atomic E-state index is -2.05. The molecule has 6 saturated carbocycles. The molecule has 0 bridgehead atoms. The van der Waals surface area contributed by atoms with Gasteiger partial charge in [0.15, 0.2) is 16.6 Å². The van der Waals surface area contributed by atoms with Crippen molar-refractivity contribution in [2.45, 2.75) is 279 Å². The van der Waals surface area contributed by atoms with Crippen LogP contribution in [0, 0.1) is 0 Å². The van der Waals surface area contributed by atoms with Crippen LogP contribution >= 0.6 is 0 Å². The number of hydrogen-bond acceptors (Lipinski definition) is 4. The monoisotopic (exact) mass is 785 g/mol. The summed E-state index contributed by atoms with van der Waals surface area (Å²) in [7, 11) is -4.09. The van der Waals surface area contributed by atoms with Crippen molar-refractivity contribution in [3.8, 4) is 0 Å². The van der Waals surface area contributed by atoms with Crippen molar-refractivity contribution in [1.29, 1.82) is 0 Å². The van der Waals surface area contributed by atoms with Crippen molar-refractivity contribution in [2.24, 2.45) is 0 Å². The molecule has 0 amide bonds. The summed E-state index contributed by atoms with van der Waals surface area (Å²) >= 11 is 0. The second-order valence-corrected chi connectivity index (χ2v) is 26.7. The molecular formula is C44H88O4Si2Ti. The number of aliphatic hydroxyl groups is 2. The van der Waals surface area contributed by atoms with Gasteiger partial charge < -0.3 is 19.8 Å². The van der Waals surface area contributed by atoms with Crippen molar-refractivity contribution < 1.29 is 41.5 Å². The topological polar surface area (TPSA) is 80.9 Å². The van der Waals surface area contributed by atoms with Gasteiger partial charge in [-0.1, -0.05) is 206 Å². The van der Waals surface area contributed by atoms with E-state index in [9.17, 15) is 9.59 Å². The molecule has 6 aliphatic carbocycles. The fraction of sp³-hybridized carbons (Fsp3) is 1.00. The minimum absolute atomic E-state index is 0. The van der Waals surface area contributed by atoms with Gasteiger partial charge in [-0.15, -0.1) is 0 Å². The largest absolute Gasteiger partial charge is 0.431 e. The quantitative estimate of drug-likeness (QED) is 0.185. The zero-order valence-electron chi connectivity index (χ0n) is 34.5. The smallest absolute Gasteiger partial charge is 0.197 e. The fourth-order valence-corrected chi connectivity index (χ4v) is 23.4. The van der Waals surface area contributed by atoms with Gasteiger partial charge in [-0.25, -0.2) is 0 Å². The summed E-state index contributed by atoms with van der Waals surface area (Å²) in [5.41, 5.74) is 4.60. The van der Waals surface area contributed by atoms with Gasteiger partial charge in [0, 0.05) is 21.7 Å². The molecule has 0 heterocycles. The summed E-state index contributed by atoms with van der Waals surface area (Å²) in [4.78, 5) is 24.0. The standard InChI is InChI=1S/2C18H34OSi.2C4H10O.Ti/c2*19-20(16-10-4-1-5-11-16,17-12-6-2-7-13-17)18-14-8-3-9-15-18;2*1-3-4(2)5;/h2*16-19H,1-15H2;2*4-5H,3H2,1-2H3;. The molecule has 6 fully saturated rings. The molecule has 0 radical (unpaired) electrons. The van der Waals surface area contributed by atoms with Crippen molar-refractivity contribution in [3.05, 3.63) is 0 Å². The maximum atomic E-state index is 12.0. The number of rotatable bonds is 8. The average Bonchev–Trinajstić information content (AvgIpc) is 3.20. The molecule has 7 heteroatoms. The van der Waals surface area contributed by atoms with Gasteiger partial charge in [-0.05, 0) is 59.9 Å². The van der Waals surface area contributed by atoms with Gasteiger partial charge in [0.1, 0.15) is 0 Å². The van der Waals surface area contributed by atoms with Crippen molar-refractivity contribution in [3.63, 3.8) is 0 Å². The molecule has 6 rings (SSSR count). The Bertz CT molecular complexity index is 664. The first kappa shape index (κ1) is 48.1. The fourth-order valence-electron chi connectivity index (χ4n) is 11.4. The molecule has 4 N–H and O–H groups in total. The number of hydrogen-bond donors (Lipinski definition) is 4. The Labute approximate surface area is 335 Å². The molecule has 6 aliphatic rings. The van der Waals surface area contributed by atoms with Crippen LogP contribution in [0.25, 0.3) is 0 Å². The molecule has 51 heavy (non-hydrogen) atoms. The zero-order valence-corrected chi connectivity index (χ0v) is 38.1. The van der Waals surface area contributed by atoms with Gasteiger partial charge in [0.05, 0.1) is 12.2 Å². The van der Waals surface area contributed by atoms with Crippen LogP contribution in [0.15, 0.2) is 0 Å². The molecule has 0 saturated heterocycles. The predicted molar refractivity (Wildman–Crippen MR) is 221 cm³/mol. The molecule has 0 aliphatic heterocycles. The summed E-state index contributed by atoms with van der Waals surface area (Å²) in [6, 6.07) is 0. The van der Waals surface area contributed by atoms with Crippen LogP contribution in [0.1, 0.15) is 233 Å². The van der Waals surface area contributed by atoms with E-state index in [1.54, 1.807) is 13.8 Å². The van der Waals surface area contributed by atoms with E-state index in [1.165, 1.54) is 193 Å². The van der Waals surface area contributed by atoms with Gasteiger partial charge in [0.25, 0.3) is 0 Å². The van der Waals surface area contributed by atoms with E-state index in [1.807, 2.05) is 13.8 Å². The van der Waals surface area contributed by atoms with Crippen molar-refractivity contribution in [2.75, 3.05) is 0 Å². The summed E-state index contributed by atoms with van der Waals surface area (Å²) in [5, 5.41) is 16.7. The van der Waals surface area contributed by atoms with Gasteiger partial charge in [-0.2, -0.15) is 0 Å². The summed E-state index contributed by atoms with van der Waals surface area (Å²) < 4.78 is 0. The summed E-state index contributed by atoms with van der Waals surface area (Å²) in [6.07, 6.45) is 43.3. The van der Waals surface area contributed by atoms with Crippen LogP contribution < -0.4 is 0 Å². The molecule has 0 spiro atoms. The van der Waals surface area contributed by atoms with Crippen LogP contribution in [0.5, 0.6) is 0 Å². The van der Waals surface area contributed by atoms with E-state index in [-0.39, 0.29) is 33.9 Å².